The number of benzene rings is 3. The minimum absolute atomic E-state index is 0.00946. The highest BCUT2D eigenvalue weighted by atomic mass is 16.6. The molecule has 0 aliphatic carbocycles. The standard InChI is InChI=1S/C23H19N3O4/c1-30-21-12-6-18(7-13-21)23(27)14-22(17-4-2-16(15-24)3-5-17)25-19-8-10-20(11-9-19)26(28)29/h2-13,22,25H,14H2,1H3. The number of hydrogen-bond acceptors (Lipinski definition) is 6. The van der Waals surface area contributed by atoms with Gasteiger partial charge in [-0.25, -0.2) is 0 Å². The van der Waals surface area contributed by atoms with Gasteiger partial charge in [0.05, 0.1) is 29.7 Å². The number of nitro benzene ring substituents is 1. The second-order valence-electron chi connectivity index (χ2n) is 6.59. The molecule has 1 N–H and O–H groups in total. The summed E-state index contributed by atoms with van der Waals surface area (Å²) in [5, 5.41) is 23.2. The molecule has 0 aliphatic rings. The monoisotopic (exact) mass is 401 g/mol. The van der Waals surface area contributed by atoms with Gasteiger partial charge < -0.3 is 10.1 Å². The van der Waals surface area contributed by atoms with Crippen molar-refractivity contribution < 1.29 is 14.5 Å². The van der Waals surface area contributed by atoms with Crippen molar-refractivity contribution in [2.45, 2.75) is 12.5 Å². The van der Waals surface area contributed by atoms with Crippen LogP contribution >= 0.6 is 0 Å². The molecule has 0 radical (unpaired) electrons. The van der Waals surface area contributed by atoms with Crippen molar-refractivity contribution in [2.24, 2.45) is 0 Å². The molecule has 150 valence electrons. The van der Waals surface area contributed by atoms with Crippen LogP contribution in [-0.4, -0.2) is 17.8 Å². The Hall–Kier alpha value is -4.18. The molecule has 7 nitrogen and oxygen atoms in total. The Bertz CT molecular complexity index is 1070. The lowest BCUT2D eigenvalue weighted by Gasteiger charge is -2.20. The van der Waals surface area contributed by atoms with E-state index < -0.39 is 4.92 Å². The fraction of sp³-hybridized carbons (Fsp3) is 0.130. The van der Waals surface area contributed by atoms with Crippen LogP contribution in [0.1, 0.15) is 33.9 Å². The van der Waals surface area contributed by atoms with Crippen LogP contribution < -0.4 is 10.1 Å². The summed E-state index contributed by atoms with van der Waals surface area (Å²) in [6.45, 7) is 0. The van der Waals surface area contributed by atoms with E-state index in [2.05, 4.69) is 11.4 Å². The number of nitriles is 1. The lowest BCUT2D eigenvalue weighted by molar-refractivity contribution is -0.384. The molecule has 0 saturated heterocycles. The lowest BCUT2D eigenvalue weighted by Crippen LogP contribution is -2.16. The summed E-state index contributed by atoms with van der Waals surface area (Å²) in [6.07, 6.45) is 0.162. The third-order valence-electron chi connectivity index (χ3n) is 4.66. The third-order valence-corrected chi connectivity index (χ3v) is 4.66. The van der Waals surface area contributed by atoms with Gasteiger partial charge in [0.15, 0.2) is 5.78 Å². The Morgan fingerprint density at radius 2 is 1.70 bits per heavy atom. The van der Waals surface area contributed by atoms with Crippen molar-refractivity contribution in [3.8, 4) is 11.8 Å². The van der Waals surface area contributed by atoms with Gasteiger partial charge in [-0.1, -0.05) is 12.1 Å². The van der Waals surface area contributed by atoms with Crippen molar-refractivity contribution >= 4 is 17.2 Å². The van der Waals surface area contributed by atoms with Gasteiger partial charge in [0, 0.05) is 29.8 Å². The number of rotatable bonds is 8. The molecule has 0 aliphatic heterocycles. The number of methoxy groups -OCH3 is 1. The van der Waals surface area contributed by atoms with Crippen LogP contribution in [0.25, 0.3) is 0 Å². The van der Waals surface area contributed by atoms with Gasteiger partial charge in [-0.3, -0.25) is 14.9 Å². The molecule has 1 unspecified atom stereocenters. The molecule has 7 heteroatoms. The zero-order valence-corrected chi connectivity index (χ0v) is 16.2. The Labute approximate surface area is 173 Å². The van der Waals surface area contributed by atoms with Gasteiger partial charge in [0.2, 0.25) is 0 Å². The molecule has 0 aromatic heterocycles. The zero-order valence-electron chi connectivity index (χ0n) is 16.2. The average molecular weight is 401 g/mol. The van der Waals surface area contributed by atoms with E-state index in [1.807, 2.05) is 0 Å². The lowest BCUT2D eigenvalue weighted by atomic mass is 9.96. The van der Waals surface area contributed by atoms with Gasteiger partial charge >= 0.3 is 0 Å². The Balaban J connectivity index is 1.85. The SMILES string of the molecule is COc1ccc(C(=O)CC(Nc2ccc([N+](=O)[O-])cc2)c2ccc(C#N)cc2)cc1. The van der Waals surface area contributed by atoms with E-state index in [-0.39, 0.29) is 23.9 Å². The number of nitrogens with one attached hydrogen (secondary N) is 1. The van der Waals surface area contributed by atoms with Crippen LogP contribution in [0, 0.1) is 21.4 Å². The van der Waals surface area contributed by atoms with Crippen molar-refractivity contribution in [3.05, 3.63) is 99.6 Å². The largest absolute Gasteiger partial charge is 0.497 e. The number of nitrogens with zero attached hydrogens (tertiary/aromatic N) is 2. The topological polar surface area (TPSA) is 105 Å². The minimum atomic E-state index is -0.463. The smallest absolute Gasteiger partial charge is 0.269 e. The van der Waals surface area contributed by atoms with Crippen molar-refractivity contribution in [3.63, 3.8) is 0 Å². The van der Waals surface area contributed by atoms with Crippen molar-refractivity contribution in [1.29, 1.82) is 5.26 Å². The van der Waals surface area contributed by atoms with E-state index in [1.54, 1.807) is 67.8 Å². The van der Waals surface area contributed by atoms with E-state index in [1.165, 1.54) is 12.1 Å². The summed E-state index contributed by atoms with van der Waals surface area (Å²) in [7, 11) is 1.56. The molecule has 3 rings (SSSR count). The van der Waals surface area contributed by atoms with Gasteiger partial charge in [0.1, 0.15) is 5.75 Å². The summed E-state index contributed by atoms with van der Waals surface area (Å²) < 4.78 is 5.13. The molecule has 0 amide bonds. The van der Waals surface area contributed by atoms with Gasteiger partial charge in [-0.2, -0.15) is 5.26 Å². The molecule has 30 heavy (non-hydrogen) atoms. The predicted molar refractivity (Wildman–Crippen MR) is 113 cm³/mol. The third kappa shape index (κ3) is 5.00. The quantitative estimate of drug-likeness (QED) is 0.327. The van der Waals surface area contributed by atoms with E-state index in [0.29, 0.717) is 22.6 Å². The number of non-ortho nitro benzene ring substituents is 1. The molecule has 0 heterocycles. The summed E-state index contributed by atoms with van der Waals surface area (Å²) in [5.74, 6) is 0.598. The Morgan fingerprint density at radius 3 is 2.23 bits per heavy atom. The second-order valence-corrected chi connectivity index (χ2v) is 6.59. The van der Waals surface area contributed by atoms with Gasteiger partial charge in [0.25, 0.3) is 5.69 Å². The van der Waals surface area contributed by atoms with E-state index in [9.17, 15) is 14.9 Å². The predicted octanol–water partition coefficient (Wildman–Crippen LogP) is 4.90. The first-order valence-corrected chi connectivity index (χ1v) is 9.18. The van der Waals surface area contributed by atoms with Crippen LogP contribution in [-0.2, 0) is 0 Å². The number of nitro groups is 1. The maximum absolute atomic E-state index is 12.9. The van der Waals surface area contributed by atoms with Gasteiger partial charge in [-0.05, 0) is 54.1 Å². The van der Waals surface area contributed by atoms with Crippen LogP contribution in [0.2, 0.25) is 0 Å². The first-order valence-electron chi connectivity index (χ1n) is 9.18. The van der Waals surface area contributed by atoms with Crippen molar-refractivity contribution in [1.82, 2.24) is 0 Å². The Morgan fingerprint density at radius 1 is 1.07 bits per heavy atom. The molecule has 0 bridgehead atoms. The van der Waals surface area contributed by atoms with Crippen molar-refractivity contribution in [2.75, 3.05) is 12.4 Å². The first kappa shape index (κ1) is 20.6. The highest BCUT2D eigenvalue weighted by Crippen LogP contribution is 2.26. The summed E-state index contributed by atoms with van der Waals surface area (Å²) in [6, 6.07) is 21.6. The first-order chi connectivity index (χ1) is 14.5. The number of carbonyl (C=O) groups is 1. The second kappa shape index (κ2) is 9.34. The molecule has 0 saturated carbocycles. The highest BCUT2D eigenvalue weighted by molar-refractivity contribution is 5.96. The van der Waals surface area contributed by atoms with Crippen LogP contribution in [0.5, 0.6) is 5.75 Å². The van der Waals surface area contributed by atoms with Gasteiger partial charge in [-0.15, -0.1) is 0 Å². The van der Waals surface area contributed by atoms with Crippen LogP contribution in [0.3, 0.4) is 0 Å². The molecular weight excluding hydrogens is 382 g/mol. The highest BCUT2D eigenvalue weighted by Gasteiger charge is 2.18. The summed E-state index contributed by atoms with van der Waals surface area (Å²) in [4.78, 5) is 23.3. The molecular formula is C23H19N3O4. The Kier molecular flexibility index (Phi) is 6.40. The number of Topliss-reactive ketones (excluding diaryl/α,β-unsaturated/α-hetero) is 1. The molecule has 0 fully saturated rings. The molecule has 0 spiro atoms. The van der Waals surface area contributed by atoms with Crippen LogP contribution in [0.15, 0.2) is 72.8 Å². The average Bonchev–Trinajstić information content (AvgIpc) is 2.79. The van der Waals surface area contributed by atoms with E-state index in [4.69, 9.17) is 10.00 Å². The number of ether oxygens (including phenoxy) is 1. The number of carbonyl (C=O) groups excluding carboxylic acids is 1. The zero-order chi connectivity index (χ0) is 21.5. The normalized spacial score (nSPS) is 11.2. The maximum Gasteiger partial charge on any atom is 0.269 e. The summed E-state index contributed by atoms with van der Waals surface area (Å²) >= 11 is 0. The van der Waals surface area contributed by atoms with E-state index in [0.717, 1.165) is 5.56 Å². The minimum Gasteiger partial charge on any atom is -0.497 e. The molecule has 3 aromatic carbocycles. The number of ketones is 1. The number of anilines is 1. The van der Waals surface area contributed by atoms with E-state index >= 15 is 0 Å². The summed E-state index contributed by atoms with van der Waals surface area (Å²) in [5.41, 5.74) is 2.55. The number of hydrogen-bond donors (Lipinski definition) is 1. The fourth-order valence-corrected chi connectivity index (χ4v) is 3.00. The molecule has 1 atom stereocenters. The fourth-order valence-electron chi connectivity index (χ4n) is 3.00. The van der Waals surface area contributed by atoms with Crippen LogP contribution in [0.4, 0.5) is 11.4 Å². The molecule has 3 aromatic rings. The maximum atomic E-state index is 12.9.